The summed E-state index contributed by atoms with van der Waals surface area (Å²) in [6, 6.07) is 8.93. The quantitative estimate of drug-likeness (QED) is 0.327. The highest BCUT2D eigenvalue weighted by Gasteiger charge is 2.79. The number of nitrogens with one attached hydrogen (secondary N) is 2. The highest BCUT2D eigenvalue weighted by Crippen LogP contribution is 2.65. The SMILES string of the molecule is CC1CC23O[C@]1(C)[C@@H](C(=O)NCc1ccccc1)[C@H]2C(=O)N(CCCCCCO)C3C(=O)NC(C)(C)CC(C)(C)C. The van der Waals surface area contributed by atoms with E-state index in [1.54, 1.807) is 4.90 Å². The topological polar surface area (TPSA) is 108 Å². The van der Waals surface area contributed by atoms with E-state index < -0.39 is 34.6 Å². The largest absolute Gasteiger partial charge is 0.396 e. The molecule has 3 aliphatic rings. The van der Waals surface area contributed by atoms with E-state index in [4.69, 9.17) is 4.74 Å². The molecular formula is C33H51N3O5. The van der Waals surface area contributed by atoms with Crippen molar-refractivity contribution in [1.82, 2.24) is 15.5 Å². The van der Waals surface area contributed by atoms with Crippen molar-refractivity contribution in [2.75, 3.05) is 13.2 Å². The third-order valence-corrected chi connectivity index (χ3v) is 9.40. The van der Waals surface area contributed by atoms with E-state index in [1.165, 1.54) is 0 Å². The number of aliphatic hydroxyl groups is 1. The first-order valence-electron chi connectivity index (χ1n) is 15.4. The van der Waals surface area contributed by atoms with Gasteiger partial charge in [-0.3, -0.25) is 14.4 Å². The summed E-state index contributed by atoms with van der Waals surface area (Å²) in [6.07, 6.45) is 4.47. The maximum absolute atomic E-state index is 14.3. The van der Waals surface area contributed by atoms with Crippen LogP contribution in [0.1, 0.15) is 92.6 Å². The number of aliphatic hydroxyl groups excluding tert-OH is 1. The monoisotopic (exact) mass is 569 g/mol. The second kappa shape index (κ2) is 11.7. The van der Waals surface area contributed by atoms with Gasteiger partial charge in [-0.05, 0) is 63.4 Å². The summed E-state index contributed by atoms with van der Waals surface area (Å²) >= 11 is 0. The van der Waals surface area contributed by atoms with Gasteiger partial charge in [-0.2, -0.15) is 0 Å². The molecule has 1 aromatic rings. The Hall–Kier alpha value is -2.45. The number of likely N-dealkylation sites (tertiary alicyclic amines) is 1. The van der Waals surface area contributed by atoms with Crippen molar-refractivity contribution in [2.45, 2.75) is 116 Å². The van der Waals surface area contributed by atoms with E-state index in [2.05, 4.69) is 38.3 Å². The van der Waals surface area contributed by atoms with Crippen LogP contribution in [-0.2, 0) is 25.7 Å². The van der Waals surface area contributed by atoms with E-state index in [0.29, 0.717) is 25.9 Å². The summed E-state index contributed by atoms with van der Waals surface area (Å²) in [5.74, 6) is -1.94. The maximum atomic E-state index is 14.3. The van der Waals surface area contributed by atoms with Gasteiger partial charge < -0.3 is 25.4 Å². The Morgan fingerprint density at radius 2 is 1.71 bits per heavy atom. The molecule has 2 bridgehead atoms. The van der Waals surface area contributed by atoms with Crippen molar-refractivity contribution in [3.8, 4) is 0 Å². The lowest BCUT2D eigenvalue weighted by Crippen LogP contribution is -2.59. The third-order valence-electron chi connectivity index (χ3n) is 9.40. The van der Waals surface area contributed by atoms with Gasteiger partial charge in [0.15, 0.2) is 0 Å². The number of amides is 3. The molecule has 8 nitrogen and oxygen atoms in total. The van der Waals surface area contributed by atoms with Crippen molar-refractivity contribution >= 4 is 17.7 Å². The summed E-state index contributed by atoms with van der Waals surface area (Å²) < 4.78 is 6.85. The van der Waals surface area contributed by atoms with Gasteiger partial charge in [0.05, 0.1) is 17.4 Å². The molecule has 4 rings (SSSR count). The van der Waals surface area contributed by atoms with Gasteiger partial charge in [-0.15, -0.1) is 0 Å². The fraction of sp³-hybridized carbons (Fsp3) is 0.727. The molecule has 0 aliphatic carbocycles. The third kappa shape index (κ3) is 6.19. The molecule has 3 amide bonds. The number of ether oxygens (including phenoxy) is 1. The summed E-state index contributed by atoms with van der Waals surface area (Å²) in [6.45, 7) is 15.5. The van der Waals surface area contributed by atoms with Crippen molar-refractivity contribution < 1.29 is 24.2 Å². The minimum Gasteiger partial charge on any atom is -0.396 e. The Bertz CT molecular complexity index is 1120. The first-order chi connectivity index (χ1) is 19.2. The summed E-state index contributed by atoms with van der Waals surface area (Å²) in [5, 5.41) is 15.5. The van der Waals surface area contributed by atoms with E-state index >= 15 is 0 Å². The van der Waals surface area contributed by atoms with Crippen molar-refractivity contribution in [3.05, 3.63) is 35.9 Å². The summed E-state index contributed by atoms with van der Waals surface area (Å²) in [5.41, 5.74) is -1.39. The van der Waals surface area contributed by atoms with E-state index in [1.807, 2.05) is 51.1 Å². The number of hydrogen-bond acceptors (Lipinski definition) is 5. The van der Waals surface area contributed by atoms with Crippen LogP contribution in [0.3, 0.4) is 0 Å². The lowest BCUT2D eigenvalue weighted by Gasteiger charge is -2.38. The fourth-order valence-electron chi connectivity index (χ4n) is 8.09. The lowest BCUT2D eigenvalue weighted by atomic mass is 9.62. The van der Waals surface area contributed by atoms with Crippen LogP contribution in [0.2, 0.25) is 0 Å². The normalized spacial score (nSPS) is 30.9. The van der Waals surface area contributed by atoms with Crippen LogP contribution in [0.25, 0.3) is 0 Å². The molecule has 228 valence electrons. The number of rotatable bonds is 12. The maximum Gasteiger partial charge on any atom is 0.246 e. The molecule has 41 heavy (non-hydrogen) atoms. The molecule has 3 heterocycles. The molecule has 0 aromatic heterocycles. The van der Waals surface area contributed by atoms with Crippen LogP contribution >= 0.6 is 0 Å². The van der Waals surface area contributed by atoms with Gasteiger partial charge in [-0.1, -0.05) is 70.9 Å². The molecule has 3 saturated heterocycles. The van der Waals surface area contributed by atoms with Crippen LogP contribution in [0.4, 0.5) is 0 Å². The highest BCUT2D eigenvalue weighted by molar-refractivity contribution is 5.99. The van der Waals surface area contributed by atoms with E-state index in [-0.39, 0.29) is 35.7 Å². The first kappa shape index (κ1) is 31.5. The van der Waals surface area contributed by atoms with Crippen LogP contribution in [0, 0.1) is 23.2 Å². The number of benzene rings is 1. The van der Waals surface area contributed by atoms with Crippen molar-refractivity contribution in [1.29, 1.82) is 0 Å². The molecule has 8 heteroatoms. The Balaban J connectivity index is 1.64. The molecule has 0 radical (unpaired) electrons. The summed E-state index contributed by atoms with van der Waals surface area (Å²) in [4.78, 5) is 44.1. The van der Waals surface area contributed by atoms with Gasteiger partial charge >= 0.3 is 0 Å². The molecule has 3 N–H and O–H groups in total. The first-order valence-corrected chi connectivity index (χ1v) is 15.4. The molecule has 6 atom stereocenters. The average molecular weight is 570 g/mol. The molecule has 0 saturated carbocycles. The minimum atomic E-state index is -1.05. The Labute approximate surface area is 246 Å². The predicted molar refractivity (Wildman–Crippen MR) is 159 cm³/mol. The highest BCUT2D eigenvalue weighted by atomic mass is 16.5. The second-order valence-electron chi connectivity index (χ2n) is 14.7. The number of carbonyl (C=O) groups excluding carboxylic acids is 3. The van der Waals surface area contributed by atoms with Crippen molar-refractivity contribution in [3.63, 3.8) is 0 Å². The molecule has 1 spiro atoms. The van der Waals surface area contributed by atoms with Gasteiger partial charge in [0, 0.05) is 25.2 Å². The Morgan fingerprint density at radius 1 is 1.05 bits per heavy atom. The molecule has 3 unspecified atom stereocenters. The van der Waals surface area contributed by atoms with Gasteiger partial charge in [0.1, 0.15) is 11.6 Å². The molecular weight excluding hydrogens is 518 g/mol. The van der Waals surface area contributed by atoms with E-state index in [0.717, 1.165) is 31.2 Å². The van der Waals surface area contributed by atoms with Gasteiger partial charge in [0.25, 0.3) is 0 Å². The second-order valence-corrected chi connectivity index (χ2v) is 14.7. The number of nitrogens with zero attached hydrogens (tertiary/aromatic N) is 1. The van der Waals surface area contributed by atoms with Crippen LogP contribution < -0.4 is 10.6 Å². The zero-order valence-corrected chi connectivity index (χ0v) is 26.1. The minimum absolute atomic E-state index is 0.00131. The standard InChI is InChI=1S/C33H51N3O5/c1-22-19-33-25(24(32(22,7)41-33)27(38)34-20-23-15-11-10-12-16-23)29(40)36(17-13-8-9-14-18-37)26(33)28(39)35-31(5,6)21-30(2,3)4/h10-12,15-16,22,24-26,37H,8-9,13-14,17-21H2,1-7H3,(H,34,38)(H,35,39)/t22?,24-,25+,26?,32+,33?/m1/s1. The smallest absolute Gasteiger partial charge is 0.246 e. The molecule has 3 fully saturated rings. The Kier molecular flexibility index (Phi) is 8.97. The van der Waals surface area contributed by atoms with Crippen LogP contribution in [0.15, 0.2) is 30.3 Å². The van der Waals surface area contributed by atoms with Crippen LogP contribution in [-0.4, -0.2) is 63.7 Å². The fourth-order valence-corrected chi connectivity index (χ4v) is 8.09. The predicted octanol–water partition coefficient (Wildman–Crippen LogP) is 4.20. The summed E-state index contributed by atoms with van der Waals surface area (Å²) in [7, 11) is 0. The molecule has 1 aromatic carbocycles. The average Bonchev–Trinajstić information content (AvgIpc) is 3.38. The zero-order valence-electron chi connectivity index (χ0n) is 26.1. The number of fused-ring (bicyclic) bond motifs is 1. The van der Waals surface area contributed by atoms with Gasteiger partial charge in [-0.25, -0.2) is 0 Å². The number of hydrogen-bond donors (Lipinski definition) is 3. The number of carbonyl (C=O) groups is 3. The van der Waals surface area contributed by atoms with E-state index in [9.17, 15) is 19.5 Å². The zero-order chi connectivity index (χ0) is 30.2. The molecule has 3 aliphatic heterocycles. The number of unbranched alkanes of at least 4 members (excludes halogenated alkanes) is 3. The Morgan fingerprint density at radius 3 is 2.34 bits per heavy atom. The van der Waals surface area contributed by atoms with Crippen molar-refractivity contribution in [2.24, 2.45) is 23.2 Å². The lowest BCUT2D eigenvalue weighted by molar-refractivity contribution is -0.148. The van der Waals surface area contributed by atoms with Crippen LogP contribution in [0.5, 0.6) is 0 Å². The van der Waals surface area contributed by atoms with Gasteiger partial charge in [0.2, 0.25) is 17.7 Å².